The molecule has 1 rings (SSSR count). The Kier molecular flexibility index (Phi) is 22.0. The number of hydrogen-bond donors (Lipinski definition) is 1. The van der Waals surface area contributed by atoms with Crippen molar-refractivity contribution in [1.29, 1.82) is 0 Å². The fraction of sp³-hybridized carbons (Fsp3) is 0.680. The van der Waals surface area contributed by atoms with E-state index >= 15 is 0 Å². The maximum Gasteiger partial charge on any atom is 0.0822 e. The lowest BCUT2D eigenvalue weighted by Gasteiger charge is -1.99. The number of allylic oxidation sites excluding steroid dienone is 2. The van der Waals surface area contributed by atoms with Gasteiger partial charge in [0.2, 0.25) is 0 Å². The summed E-state index contributed by atoms with van der Waals surface area (Å²) in [6.07, 6.45) is 22.9. The summed E-state index contributed by atoms with van der Waals surface area (Å²) in [5.74, 6) is 0. The van der Waals surface area contributed by atoms with E-state index < -0.39 is 0 Å². The first kappa shape index (κ1) is 25.9. The van der Waals surface area contributed by atoms with Gasteiger partial charge in [-0.05, 0) is 37.7 Å². The zero-order chi connectivity index (χ0) is 19.8. The molecule has 2 N–H and O–H groups in total. The summed E-state index contributed by atoms with van der Waals surface area (Å²) in [6, 6.07) is 9.99. The molecule has 2 heteroatoms. The highest BCUT2D eigenvalue weighted by molar-refractivity contribution is 5.13. The van der Waals surface area contributed by atoms with Crippen LogP contribution in [0.3, 0.4) is 0 Å². The predicted molar refractivity (Wildman–Crippen MR) is 119 cm³/mol. The smallest absolute Gasteiger partial charge is 0.0822 e. The van der Waals surface area contributed by atoms with E-state index in [1.54, 1.807) is 0 Å². The first-order chi connectivity index (χ1) is 13.3. The molecule has 0 aromatic heterocycles. The van der Waals surface area contributed by atoms with Crippen LogP contribution in [0.25, 0.3) is 0 Å². The third-order valence-electron chi connectivity index (χ3n) is 4.73. The minimum Gasteiger partial charge on any atom is -0.326 e. The molecule has 0 spiro atoms. The van der Waals surface area contributed by atoms with Gasteiger partial charge in [-0.15, -0.1) is 0 Å². The summed E-state index contributed by atoms with van der Waals surface area (Å²) < 4.78 is 0. The molecule has 0 saturated carbocycles. The molecule has 0 aliphatic heterocycles. The van der Waals surface area contributed by atoms with Crippen molar-refractivity contribution < 1.29 is 5.11 Å². The fourth-order valence-corrected chi connectivity index (χ4v) is 2.96. The lowest BCUT2D eigenvalue weighted by molar-refractivity contribution is 0.186. The molecule has 0 heterocycles. The van der Waals surface area contributed by atoms with E-state index in [1.165, 1.54) is 82.6 Å². The second-order valence-electron chi connectivity index (χ2n) is 7.33. The van der Waals surface area contributed by atoms with Gasteiger partial charge in [0.1, 0.15) is 0 Å². The predicted octanol–water partition coefficient (Wildman–Crippen LogP) is 7.60. The van der Waals surface area contributed by atoms with Gasteiger partial charge >= 0.3 is 0 Å². The Hall–Kier alpha value is -1.12. The minimum atomic E-state index is 0.112. The minimum absolute atomic E-state index is 0.112. The van der Waals surface area contributed by atoms with Gasteiger partial charge < -0.3 is 5.73 Å². The molecule has 0 aliphatic rings. The van der Waals surface area contributed by atoms with Gasteiger partial charge in [0.15, 0.2) is 0 Å². The van der Waals surface area contributed by atoms with Crippen molar-refractivity contribution in [1.82, 2.24) is 0 Å². The summed E-state index contributed by atoms with van der Waals surface area (Å²) in [7, 11) is 0. The molecule has 0 fully saturated rings. The molecular weight excluding hydrogens is 330 g/mol. The van der Waals surface area contributed by atoms with Crippen molar-refractivity contribution in [2.45, 2.75) is 103 Å². The highest BCUT2D eigenvalue weighted by Gasteiger charge is 1.90. The van der Waals surface area contributed by atoms with Crippen LogP contribution in [0, 0.1) is 0 Å². The number of rotatable bonds is 16. The maximum atomic E-state index is 10.3. The monoisotopic (exact) mass is 374 g/mol. The standard InChI is InChI=1S/C18H35O.C7H9N/c1-2-3-4-5-6-7-8-9-10-11-12-13-14-15-16-17-18-19;8-6-7-4-2-1-3-5-7/h9-10H,2-8,11-18H2,1H3;1-5H,6,8H2/b10-9-;. The lowest BCUT2D eigenvalue weighted by Crippen LogP contribution is -1.94. The summed E-state index contributed by atoms with van der Waals surface area (Å²) in [6.45, 7) is 3.02. The molecule has 27 heavy (non-hydrogen) atoms. The van der Waals surface area contributed by atoms with Gasteiger partial charge in [-0.2, -0.15) is 0 Å². The molecule has 1 radical (unpaired) electrons. The van der Waals surface area contributed by atoms with E-state index in [0.29, 0.717) is 6.54 Å². The van der Waals surface area contributed by atoms with Crippen molar-refractivity contribution in [3.05, 3.63) is 48.0 Å². The maximum absolute atomic E-state index is 10.3. The quantitative estimate of drug-likeness (QED) is 0.235. The van der Waals surface area contributed by atoms with Gasteiger partial charge in [0, 0.05) is 6.54 Å². The third-order valence-corrected chi connectivity index (χ3v) is 4.73. The Labute approximate surface area is 169 Å². The van der Waals surface area contributed by atoms with E-state index in [2.05, 4.69) is 19.1 Å². The Morgan fingerprint density at radius 2 is 1.19 bits per heavy atom. The number of unbranched alkanes of at least 4 members (excludes halogenated alkanes) is 12. The van der Waals surface area contributed by atoms with Crippen molar-refractivity contribution in [2.75, 3.05) is 6.61 Å². The molecule has 1 aromatic rings. The summed E-state index contributed by atoms with van der Waals surface area (Å²) in [5.41, 5.74) is 6.54. The second-order valence-corrected chi connectivity index (χ2v) is 7.33. The largest absolute Gasteiger partial charge is 0.326 e. The van der Waals surface area contributed by atoms with E-state index in [4.69, 9.17) is 5.73 Å². The molecule has 0 saturated heterocycles. The van der Waals surface area contributed by atoms with E-state index in [9.17, 15) is 5.11 Å². The molecule has 0 unspecified atom stereocenters. The number of hydrogen-bond acceptors (Lipinski definition) is 1. The third kappa shape index (κ3) is 21.0. The molecule has 1 aromatic carbocycles. The molecule has 155 valence electrons. The Morgan fingerprint density at radius 3 is 1.63 bits per heavy atom. The molecule has 2 nitrogen and oxygen atoms in total. The van der Waals surface area contributed by atoms with Crippen LogP contribution < -0.4 is 5.73 Å². The van der Waals surface area contributed by atoms with Gasteiger partial charge in [0.05, 0.1) is 6.61 Å². The van der Waals surface area contributed by atoms with Crippen LogP contribution in [0.5, 0.6) is 0 Å². The fourth-order valence-electron chi connectivity index (χ4n) is 2.96. The topological polar surface area (TPSA) is 45.9 Å². The lowest BCUT2D eigenvalue weighted by atomic mass is 10.1. The summed E-state index contributed by atoms with van der Waals surface area (Å²) in [5, 5.41) is 10.3. The molecule has 0 bridgehead atoms. The van der Waals surface area contributed by atoms with Crippen molar-refractivity contribution in [2.24, 2.45) is 5.73 Å². The summed E-state index contributed by atoms with van der Waals surface area (Å²) in [4.78, 5) is 0. The number of nitrogens with two attached hydrogens (primary N) is 1. The summed E-state index contributed by atoms with van der Waals surface area (Å²) >= 11 is 0. The Bertz CT molecular complexity index is 402. The first-order valence-electron chi connectivity index (χ1n) is 11.3. The zero-order valence-corrected chi connectivity index (χ0v) is 17.8. The van der Waals surface area contributed by atoms with Crippen LogP contribution in [0.1, 0.15) is 102 Å². The van der Waals surface area contributed by atoms with Crippen LogP contribution in [0.4, 0.5) is 0 Å². The Balaban J connectivity index is 0.000000694. The molecule has 0 amide bonds. The Morgan fingerprint density at radius 1 is 0.704 bits per heavy atom. The van der Waals surface area contributed by atoms with Crippen LogP contribution in [-0.2, 0) is 11.7 Å². The highest BCUT2D eigenvalue weighted by atomic mass is 16.2. The van der Waals surface area contributed by atoms with Gasteiger partial charge in [0.25, 0.3) is 0 Å². The first-order valence-corrected chi connectivity index (χ1v) is 11.3. The SMILES string of the molecule is CCCCCCCC/C=C\CCCCCCCC[O].NCc1ccccc1. The van der Waals surface area contributed by atoms with Crippen LogP contribution in [0.15, 0.2) is 42.5 Å². The van der Waals surface area contributed by atoms with E-state index in [1.807, 2.05) is 30.3 Å². The van der Waals surface area contributed by atoms with Crippen LogP contribution >= 0.6 is 0 Å². The normalized spacial score (nSPS) is 10.8. The van der Waals surface area contributed by atoms with Crippen molar-refractivity contribution >= 4 is 0 Å². The molecule has 0 aliphatic carbocycles. The van der Waals surface area contributed by atoms with Crippen LogP contribution in [-0.4, -0.2) is 6.61 Å². The zero-order valence-electron chi connectivity index (χ0n) is 17.8. The molecule has 0 atom stereocenters. The number of benzene rings is 1. The van der Waals surface area contributed by atoms with Gasteiger partial charge in [-0.25, -0.2) is 5.11 Å². The highest BCUT2D eigenvalue weighted by Crippen LogP contribution is 2.09. The van der Waals surface area contributed by atoms with Gasteiger partial charge in [-0.1, -0.05) is 107 Å². The second kappa shape index (κ2) is 22.9. The van der Waals surface area contributed by atoms with E-state index in [-0.39, 0.29) is 6.61 Å². The average molecular weight is 375 g/mol. The van der Waals surface area contributed by atoms with Crippen molar-refractivity contribution in [3.8, 4) is 0 Å². The van der Waals surface area contributed by atoms with Crippen LogP contribution in [0.2, 0.25) is 0 Å². The molecular formula is C25H44NO. The van der Waals surface area contributed by atoms with Crippen molar-refractivity contribution in [3.63, 3.8) is 0 Å². The van der Waals surface area contributed by atoms with Gasteiger partial charge in [-0.3, -0.25) is 0 Å². The average Bonchev–Trinajstić information content (AvgIpc) is 2.72. The van der Waals surface area contributed by atoms with E-state index in [0.717, 1.165) is 12.8 Å².